The first-order valence-corrected chi connectivity index (χ1v) is 7.32. The maximum Gasteiger partial charge on any atom is 0.313 e. The lowest BCUT2D eigenvalue weighted by Gasteiger charge is -2.09. The predicted molar refractivity (Wildman–Crippen MR) is 86.5 cm³/mol. The van der Waals surface area contributed by atoms with Crippen LogP contribution in [-0.4, -0.2) is 18.9 Å². The Kier molecular flexibility index (Phi) is 3.98. The van der Waals surface area contributed by atoms with Crippen LogP contribution in [-0.2, 0) is 9.53 Å². The second-order valence-corrected chi connectivity index (χ2v) is 5.28. The van der Waals surface area contributed by atoms with Gasteiger partial charge in [0, 0.05) is 16.5 Å². The fraction of sp³-hybridized carbons (Fsp3) is 0.158. The zero-order valence-corrected chi connectivity index (χ0v) is 12.9. The van der Waals surface area contributed by atoms with Crippen molar-refractivity contribution in [2.75, 3.05) is 7.11 Å². The molecule has 1 heterocycles. The Bertz CT molecular complexity index is 861. The van der Waals surface area contributed by atoms with E-state index in [0.29, 0.717) is 16.7 Å². The molecule has 0 unspecified atom stereocenters. The summed E-state index contributed by atoms with van der Waals surface area (Å²) in [6.45, 7) is 1.71. The average Bonchev–Trinajstić information content (AvgIpc) is 2.99. The summed E-state index contributed by atoms with van der Waals surface area (Å²) in [5.74, 6) is -1.05. The molecule has 1 aromatic heterocycles. The lowest BCUT2D eigenvalue weighted by Crippen LogP contribution is -2.14. The first-order valence-electron chi connectivity index (χ1n) is 7.32. The number of benzene rings is 2. The predicted octanol–water partition coefficient (Wildman–Crippen LogP) is 3.94. The van der Waals surface area contributed by atoms with Gasteiger partial charge in [0.1, 0.15) is 5.58 Å². The first kappa shape index (κ1) is 15.0. The summed E-state index contributed by atoms with van der Waals surface area (Å²) in [5.41, 5.74) is 1.67. The van der Waals surface area contributed by atoms with Crippen molar-refractivity contribution in [1.29, 1.82) is 0 Å². The quantitative estimate of drug-likeness (QED) is 0.541. The van der Waals surface area contributed by atoms with Crippen molar-refractivity contribution < 1.29 is 18.7 Å². The van der Waals surface area contributed by atoms with E-state index in [1.54, 1.807) is 37.3 Å². The van der Waals surface area contributed by atoms with Crippen LogP contribution in [0.2, 0.25) is 0 Å². The molecule has 2 aromatic carbocycles. The molecule has 0 radical (unpaired) electrons. The molecule has 0 aliphatic carbocycles. The van der Waals surface area contributed by atoms with E-state index >= 15 is 0 Å². The minimum atomic E-state index is -0.591. The van der Waals surface area contributed by atoms with Gasteiger partial charge in [-0.2, -0.15) is 0 Å². The summed E-state index contributed by atoms with van der Waals surface area (Å²) in [6.07, 6.45) is 0. The van der Waals surface area contributed by atoms with Crippen LogP contribution in [0.1, 0.15) is 34.5 Å². The third-order valence-electron chi connectivity index (χ3n) is 3.86. The van der Waals surface area contributed by atoms with Crippen molar-refractivity contribution in [2.45, 2.75) is 12.8 Å². The molecule has 4 nitrogen and oxygen atoms in total. The summed E-state index contributed by atoms with van der Waals surface area (Å²) in [4.78, 5) is 24.8. The van der Waals surface area contributed by atoms with Crippen molar-refractivity contribution in [1.82, 2.24) is 0 Å². The van der Waals surface area contributed by atoms with E-state index in [9.17, 15) is 9.59 Å². The summed E-state index contributed by atoms with van der Waals surface area (Å²) >= 11 is 0. The molecule has 116 valence electrons. The Hall–Kier alpha value is -2.88. The Labute approximate surface area is 133 Å². The molecule has 4 heteroatoms. The van der Waals surface area contributed by atoms with Crippen LogP contribution in [0.15, 0.2) is 59.0 Å². The summed E-state index contributed by atoms with van der Waals surface area (Å²) in [7, 11) is 1.33. The second kappa shape index (κ2) is 6.08. The highest BCUT2D eigenvalue weighted by atomic mass is 16.5. The van der Waals surface area contributed by atoms with Crippen molar-refractivity contribution in [2.24, 2.45) is 0 Å². The number of hydrogen-bond acceptors (Lipinski definition) is 4. The molecule has 0 saturated carbocycles. The van der Waals surface area contributed by atoms with Gasteiger partial charge in [-0.1, -0.05) is 48.5 Å². The van der Waals surface area contributed by atoms with Crippen molar-refractivity contribution in [3.8, 4) is 0 Å². The van der Waals surface area contributed by atoms with E-state index in [0.717, 1.165) is 5.39 Å². The largest absolute Gasteiger partial charge is 0.469 e. The molecule has 0 aliphatic rings. The molecule has 0 spiro atoms. The average molecular weight is 308 g/mol. The highest BCUT2D eigenvalue weighted by Gasteiger charge is 2.29. The van der Waals surface area contributed by atoms with E-state index in [4.69, 9.17) is 9.15 Å². The van der Waals surface area contributed by atoms with E-state index in [1.807, 2.05) is 24.3 Å². The van der Waals surface area contributed by atoms with Gasteiger partial charge in [0.15, 0.2) is 5.76 Å². The minimum Gasteiger partial charge on any atom is -0.469 e. The highest BCUT2D eigenvalue weighted by Crippen LogP contribution is 2.33. The normalized spacial score (nSPS) is 12.1. The van der Waals surface area contributed by atoms with Gasteiger partial charge >= 0.3 is 5.97 Å². The first-order chi connectivity index (χ1) is 11.1. The zero-order chi connectivity index (χ0) is 16.4. The third-order valence-corrected chi connectivity index (χ3v) is 3.86. The van der Waals surface area contributed by atoms with Gasteiger partial charge in [-0.3, -0.25) is 9.59 Å². The Morgan fingerprint density at radius 2 is 1.65 bits per heavy atom. The van der Waals surface area contributed by atoms with Crippen LogP contribution in [0.3, 0.4) is 0 Å². The number of methoxy groups -OCH3 is 1. The molecule has 1 atom stereocenters. The third kappa shape index (κ3) is 2.63. The fourth-order valence-corrected chi connectivity index (χ4v) is 2.68. The number of furan rings is 1. The monoisotopic (exact) mass is 308 g/mol. The molecule has 0 N–H and O–H groups in total. The Morgan fingerprint density at radius 3 is 2.35 bits per heavy atom. The lowest BCUT2D eigenvalue weighted by atomic mass is 9.94. The smallest absolute Gasteiger partial charge is 0.313 e. The molecule has 3 rings (SSSR count). The van der Waals surface area contributed by atoms with Crippen LogP contribution in [0.5, 0.6) is 0 Å². The standard InChI is InChI=1S/C19H16O4/c1-12(19(21)22-2)16-14-10-6-7-11-15(14)23-18(16)17(20)13-8-4-3-5-9-13/h3-12H,1-2H3/t12-/m1/s1. The maximum absolute atomic E-state index is 12.8. The van der Waals surface area contributed by atoms with Crippen LogP contribution in [0.25, 0.3) is 11.0 Å². The number of carbonyl (C=O) groups is 2. The summed E-state index contributed by atoms with van der Waals surface area (Å²) in [6, 6.07) is 16.2. The van der Waals surface area contributed by atoms with Gasteiger partial charge in [-0.15, -0.1) is 0 Å². The molecular weight excluding hydrogens is 292 g/mol. The SMILES string of the molecule is COC(=O)[C@H](C)c1c(C(=O)c2ccccc2)oc2ccccc12. The molecule has 0 fully saturated rings. The van der Waals surface area contributed by atoms with E-state index < -0.39 is 11.9 Å². The fourth-order valence-electron chi connectivity index (χ4n) is 2.68. The van der Waals surface area contributed by atoms with Crippen LogP contribution in [0.4, 0.5) is 0 Å². The lowest BCUT2D eigenvalue weighted by molar-refractivity contribution is -0.141. The number of hydrogen-bond donors (Lipinski definition) is 0. The van der Waals surface area contributed by atoms with Crippen LogP contribution < -0.4 is 0 Å². The van der Waals surface area contributed by atoms with E-state index in [2.05, 4.69) is 0 Å². The van der Waals surface area contributed by atoms with Crippen molar-refractivity contribution in [3.63, 3.8) is 0 Å². The molecule has 0 bridgehead atoms. The summed E-state index contributed by atoms with van der Waals surface area (Å²) in [5, 5.41) is 0.754. The zero-order valence-electron chi connectivity index (χ0n) is 12.9. The van der Waals surface area contributed by atoms with Gasteiger partial charge in [-0.25, -0.2) is 0 Å². The molecule has 0 saturated heterocycles. The number of para-hydroxylation sites is 1. The molecule has 0 aliphatic heterocycles. The van der Waals surface area contributed by atoms with Crippen molar-refractivity contribution >= 4 is 22.7 Å². The van der Waals surface area contributed by atoms with Gasteiger partial charge in [-0.05, 0) is 13.0 Å². The topological polar surface area (TPSA) is 56.5 Å². The number of ketones is 1. The van der Waals surface area contributed by atoms with Gasteiger partial charge in [0.2, 0.25) is 5.78 Å². The van der Waals surface area contributed by atoms with Gasteiger partial charge in [0.25, 0.3) is 0 Å². The van der Waals surface area contributed by atoms with Crippen LogP contribution >= 0.6 is 0 Å². The van der Waals surface area contributed by atoms with E-state index in [1.165, 1.54) is 7.11 Å². The molecular formula is C19H16O4. The summed E-state index contributed by atoms with van der Waals surface area (Å²) < 4.78 is 10.6. The maximum atomic E-state index is 12.8. The van der Waals surface area contributed by atoms with Gasteiger partial charge in [0.05, 0.1) is 13.0 Å². The number of esters is 1. The number of rotatable bonds is 4. The highest BCUT2D eigenvalue weighted by molar-refractivity contribution is 6.11. The Morgan fingerprint density at radius 1 is 1.00 bits per heavy atom. The Balaban J connectivity index is 2.20. The number of fused-ring (bicyclic) bond motifs is 1. The minimum absolute atomic E-state index is 0.190. The molecule has 23 heavy (non-hydrogen) atoms. The number of ether oxygens (including phenoxy) is 1. The molecule has 3 aromatic rings. The molecule has 0 amide bonds. The number of carbonyl (C=O) groups excluding carboxylic acids is 2. The second-order valence-electron chi connectivity index (χ2n) is 5.28. The van der Waals surface area contributed by atoms with Crippen molar-refractivity contribution in [3.05, 3.63) is 71.5 Å². The van der Waals surface area contributed by atoms with Crippen LogP contribution in [0, 0.1) is 0 Å². The van der Waals surface area contributed by atoms with Gasteiger partial charge < -0.3 is 9.15 Å². The van der Waals surface area contributed by atoms with E-state index in [-0.39, 0.29) is 11.5 Å².